The molecule has 0 bridgehead atoms. The van der Waals surface area contributed by atoms with Gasteiger partial charge in [0, 0.05) is 56.2 Å². The summed E-state index contributed by atoms with van der Waals surface area (Å²) < 4.78 is 22.4. The number of sulfone groups is 1. The van der Waals surface area contributed by atoms with Crippen molar-refractivity contribution in [1.29, 1.82) is 0 Å². The molecule has 1 aromatic carbocycles. The van der Waals surface area contributed by atoms with Gasteiger partial charge in [-0.25, -0.2) is 8.42 Å². The molecule has 1 aromatic rings. The molecule has 1 saturated heterocycles. The van der Waals surface area contributed by atoms with Crippen LogP contribution in [-0.2, 0) is 9.84 Å². The Morgan fingerprint density at radius 3 is 2.60 bits per heavy atom. The molecule has 0 unspecified atom stereocenters. The average Bonchev–Trinajstić information content (AvgIpc) is 2.57. The number of hydrogen-bond donors (Lipinski definition) is 1. The highest BCUT2D eigenvalue weighted by atomic mass is 35.5. The van der Waals surface area contributed by atoms with E-state index in [1.165, 1.54) is 6.26 Å². The molecule has 1 aliphatic rings. The number of guanidine groups is 1. The van der Waals surface area contributed by atoms with Crippen LogP contribution < -0.4 is 10.2 Å². The monoisotopic (exact) mass is 386 g/mol. The predicted octanol–water partition coefficient (Wildman–Crippen LogP) is 1.86. The van der Waals surface area contributed by atoms with Crippen molar-refractivity contribution in [3.63, 3.8) is 0 Å². The summed E-state index contributed by atoms with van der Waals surface area (Å²) in [4.78, 5) is 9.12. The molecular weight excluding hydrogens is 360 g/mol. The van der Waals surface area contributed by atoms with Crippen LogP contribution in [0.4, 0.5) is 5.69 Å². The summed E-state index contributed by atoms with van der Waals surface area (Å²) in [5.41, 5.74) is 1.14. The second-order valence-electron chi connectivity index (χ2n) is 6.17. The summed E-state index contributed by atoms with van der Waals surface area (Å²) in [6.45, 7) is 6.87. The first-order chi connectivity index (χ1) is 11.9. The quantitative estimate of drug-likeness (QED) is 0.459. The van der Waals surface area contributed by atoms with E-state index in [4.69, 9.17) is 11.6 Å². The Balaban J connectivity index is 1.90. The molecule has 0 aromatic heterocycles. The van der Waals surface area contributed by atoms with E-state index >= 15 is 0 Å². The molecule has 25 heavy (non-hydrogen) atoms. The van der Waals surface area contributed by atoms with E-state index in [1.807, 2.05) is 25.1 Å². The number of anilines is 1. The fraction of sp³-hybridized carbons (Fsp3) is 0.588. The molecule has 1 aliphatic heterocycles. The number of halogens is 1. The van der Waals surface area contributed by atoms with Crippen molar-refractivity contribution >= 4 is 33.1 Å². The van der Waals surface area contributed by atoms with Gasteiger partial charge >= 0.3 is 0 Å². The first-order valence-corrected chi connectivity index (χ1v) is 11.0. The van der Waals surface area contributed by atoms with Crippen LogP contribution >= 0.6 is 11.6 Å². The Hall–Kier alpha value is -1.47. The Morgan fingerprint density at radius 1 is 1.28 bits per heavy atom. The maximum atomic E-state index is 11.2. The topological polar surface area (TPSA) is 65.0 Å². The summed E-state index contributed by atoms with van der Waals surface area (Å²) in [7, 11) is -2.92. The zero-order valence-electron chi connectivity index (χ0n) is 14.9. The minimum absolute atomic E-state index is 0.179. The molecule has 1 heterocycles. The van der Waals surface area contributed by atoms with Gasteiger partial charge in [0.25, 0.3) is 0 Å². The van der Waals surface area contributed by atoms with Crippen molar-refractivity contribution in [2.24, 2.45) is 4.99 Å². The summed E-state index contributed by atoms with van der Waals surface area (Å²) in [5, 5.41) is 4.05. The second-order valence-corrected chi connectivity index (χ2v) is 8.87. The average molecular weight is 387 g/mol. The van der Waals surface area contributed by atoms with Crippen molar-refractivity contribution in [3.8, 4) is 0 Å². The van der Waals surface area contributed by atoms with Gasteiger partial charge in [-0.3, -0.25) is 4.99 Å². The molecule has 6 nitrogen and oxygen atoms in total. The van der Waals surface area contributed by atoms with Crippen molar-refractivity contribution < 1.29 is 8.42 Å². The molecule has 0 atom stereocenters. The first-order valence-electron chi connectivity index (χ1n) is 8.60. The van der Waals surface area contributed by atoms with E-state index in [1.54, 1.807) is 0 Å². The lowest BCUT2D eigenvalue weighted by Crippen LogP contribution is -2.52. The first kappa shape index (κ1) is 19.8. The van der Waals surface area contributed by atoms with Gasteiger partial charge in [0.2, 0.25) is 0 Å². The lowest BCUT2D eigenvalue weighted by molar-refractivity contribution is 0.372. The highest BCUT2D eigenvalue weighted by Crippen LogP contribution is 2.20. The third-order valence-electron chi connectivity index (χ3n) is 4.02. The molecule has 1 fully saturated rings. The Labute approximate surface area is 155 Å². The van der Waals surface area contributed by atoms with E-state index < -0.39 is 9.84 Å². The number of piperazine rings is 1. The Bertz CT molecular complexity index is 686. The number of benzene rings is 1. The number of nitrogens with zero attached hydrogens (tertiary/aromatic N) is 3. The second kappa shape index (κ2) is 9.29. The van der Waals surface area contributed by atoms with Gasteiger partial charge in [-0.1, -0.05) is 17.7 Å². The van der Waals surface area contributed by atoms with Gasteiger partial charge in [0.1, 0.15) is 9.84 Å². The number of nitrogens with one attached hydrogen (secondary N) is 1. The van der Waals surface area contributed by atoms with Gasteiger partial charge in [-0.15, -0.1) is 0 Å². The van der Waals surface area contributed by atoms with Gasteiger partial charge in [0.05, 0.1) is 5.75 Å². The standard InChI is InChI=1S/C17H27ClN4O2S/c1-3-19-17(20-8-5-13-25(2,23)24)22-11-9-21(10-12-22)16-7-4-6-15(18)14-16/h4,6-7,14H,3,5,8-13H2,1-2H3,(H,19,20). The molecule has 0 aliphatic carbocycles. The summed E-state index contributed by atoms with van der Waals surface area (Å²) in [6, 6.07) is 7.92. The lowest BCUT2D eigenvalue weighted by atomic mass is 10.2. The SMILES string of the molecule is CCNC(=NCCCS(C)(=O)=O)N1CCN(c2cccc(Cl)c2)CC1. The fourth-order valence-electron chi connectivity index (χ4n) is 2.79. The summed E-state index contributed by atoms with van der Waals surface area (Å²) >= 11 is 6.08. The molecule has 0 spiro atoms. The Morgan fingerprint density at radius 2 is 2.00 bits per heavy atom. The van der Waals surface area contributed by atoms with Gasteiger partial charge in [0.15, 0.2) is 5.96 Å². The highest BCUT2D eigenvalue weighted by Gasteiger charge is 2.19. The minimum Gasteiger partial charge on any atom is -0.368 e. The zero-order chi connectivity index (χ0) is 18.3. The van der Waals surface area contributed by atoms with Crippen LogP contribution in [-0.4, -0.2) is 70.6 Å². The van der Waals surface area contributed by atoms with Crippen molar-refractivity contribution in [1.82, 2.24) is 10.2 Å². The molecule has 0 saturated carbocycles. The lowest BCUT2D eigenvalue weighted by Gasteiger charge is -2.37. The number of hydrogen-bond acceptors (Lipinski definition) is 4. The third kappa shape index (κ3) is 6.74. The smallest absolute Gasteiger partial charge is 0.194 e. The minimum atomic E-state index is -2.92. The van der Waals surface area contributed by atoms with Gasteiger partial charge in [-0.2, -0.15) is 0 Å². The number of aliphatic imine (C=N–C) groups is 1. The van der Waals surface area contributed by atoms with Crippen LogP contribution in [0, 0.1) is 0 Å². The predicted molar refractivity (Wildman–Crippen MR) is 106 cm³/mol. The van der Waals surface area contributed by atoms with E-state index in [0.29, 0.717) is 13.0 Å². The summed E-state index contributed by atoms with van der Waals surface area (Å²) in [5.74, 6) is 1.04. The Kier molecular flexibility index (Phi) is 7.38. The molecule has 140 valence electrons. The van der Waals surface area contributed by atoms with Crippen molar-refractivity contribution in [3.05, 3.63) is 29.3 Å². The third-order valence-corrected chi connectivity index (χ3v) is 5.29. The summed E-state index contributed by atoms with van der Waals surface area (Å²) in [6.07, 6.45) is 1.81. The van der Waals surface area contributed by atoms with Crippen LogP contribution in [0.15, 0.2) is 29.3 Å². The normalized spacial score (nSPS) is 16.2. The number of rotatable bonds is 6. The van der Waals surface area contributed by atoms with E-state index in [9.17, 15) is 8.42 Å². The van der Waals surface area contributed by atoms with Gasteiger partial charge in [-0.05, 0) is 31.5 Å². The molecule has 1 N–H and O–H groups in total. The van der Waals surface area contributed by atoms with E-state index in [2.05, 4.69) is 26.2 Å². The molecule has 2 rings (SSSR count). The molecule has 8 heteroatoms. The maximum absolute atomic E-state index is 11.2. The van der Waals surface area contributed by atoms with Crippen LogP contribution in [0.25, 0.3) is 0 Å². The zero-order valence-corrected chi connectivity index (χ0v) is 16.5. The van der Waals surface area contributed by atoms with E-state index in [0.717, 1.165) is 49.4 Å². The fourth-order valence-corrected chi connectivity index (χ4v) is 3.62. The van der Waals surface area contributed by atoms with Crippen LogP contribution in [0.5, 0.6) is 0 Å². The molecule has 0 radical (unpaired) electrons. The van der Waals surface area contributed by atoms with Crippen molar-refractivity contribution in [2.45, 2.75) is 13.3 Å². The highest BCUT2D eigenvalue weighted by molar-refractivity contribution is 7.90. The maximum Gasteiger partial charge on any atom is 0.194 e. The van der Waals surface area contributed by atoms with Crippen LogP contribution in [0.1, 0.15) is 13.3 Å². The molecular formula is C17H27ClN4O2S. The largest absolute Gasteiger partial charge is 0.368 e. The molecule has 0 amide bonds. The van der Waals surface area contributed by atoms with Gasteiger partial charge < -0.3 is 15.1 Å². The van der Waals surface area contributed by atoms with E-state index in [-0.39, 0.29) is 5.75 Å². The van der Waals surface area contributed by atoms with Crippen molar-refractivity contribution in [2.75, 3.05) is 56.2 Å². The van der Waals surface area contributed by atoms with Crippen LogP contribution in [0.2, 0.25) is 5.02 Å². The van der Waals surface area contributed by atoms with Crippen LogP contribution in [0.3, 0.4) is 0 Å².